The van der Waals surface area contributed by atoms with E-state index in [1.807, 2.05) is 24.3 Å². The fourth-order valence-electron chi connectivity index (χ4n) is 1.73. The summed E-state index contributed by atoms with van der Waals surface area (Å²) in [7, 11) is 0. The Morgan fingerprint density at radius 2 is 2.05 bits per heavy atom. The van der Waals surface area contributed by atoms with Crippen molar-refractivity contribution in [3.8, 4) is 0 Å². The molecule has 2 aromatic carbocycles. The topological polar surface area (TPSA) is 42.0 Å². The van der Waals surface area contributed by atoms with Gasteiger partial charge in [-0.05, 0) is 46.3 Å². The van der Waals surface area contributed by atoms with Gasteiger partial charge in [-0.2, -0.15) is 0 Å². The lowest BCUT2D eigenvalue weighted by atomic mass is 10.2. The number of anilines is 1. The van der Waals surface area contributed by atoms with Crippen molar-refractivity contribution in [1.29, 1.82) is 0 Å². The molecule has 6 heteroatoms. The van der Waals surface area contributed by atoms with Gasteiger partial charge < -0.3 is 0 Å². The molecular weight excluding hydrogens is 343 g/mol. The van der Waals surface area contributed by atoms with E-state index >= 15 is 0 Å². The molecule has 0 saturated heterocycles. The molecule has 0 radical (unpaired) electrons. The van der Waals surface area contributed by atoms with E-state index in [9.17, 15) is 9.18 Å². The van der Waals surface area contributed by atoms with E-state index in [-0.39, 0.29) is 10.4 Å². The third-order valence-electron chi connectivity index (χ3n) is 2.70. The molecule has 3 rings (SSSR count). The van der Waals surface area contributed by atoms with Crippen LogP contribution in [0.3, 0.4) is 0 Å². The van der Waals surface area contributed by atoms with Gasteiger partial charge in [-0.25, -0.2) is 9.37 Å². The van der Waals surface area contributed by atoms with Gasteiger partial charge in [0.05, 0.1) is 14.7 Å². The average Bonchev–Trinajstić information content (AvgIpc) is 2.83. The van der Waals surface area contributed by atoms with Crippen molar-refractivity contribution in [3.63, 3.8) is 0 Å². The predicted molar refractivity (Wildman–Crippen MR) is 81.7 cm³/mol. The number of aromatic nitrogens is 1. The van der Waals surface area contributed by atoms with Crippen LogP contribution in [0.4, 0.5) is 9.52 Å². The van der Waals surface area contributed by atoms with E-state index < -0.39 is 5.82 Å². The summed E-state index contributed by atoms with van der Waals surface area (Å²) < 4.78 is 14.4. The SMILES string of the molecule is O=C(Nc1nc2ccccc2s1)c1ccc(F)c(Br)c1. The molecule has 1 N–H and O–H groups in total. The van der Waals surface area contributed by atoms with Crippen molar-refractivity contribution in [2.75, 3.05) is 5.32 Å². The summed E-state index contributed by atoms with van der Waals surface area (Å²) >= 11 is 4.46. The molecule has 0 fully saturated rings. The zero-order valence-corrected chi connectivity index (χ0v) is 12.5. The highest BCUT2D eigenvalue weighted by molar-refractivity contribution is 9.10. The molecule has 0 bridgehead atoms. The molecule has 0 unspecified atom stereocenters. The Bertz CT molecular complexity index is 770. The highest BCUT2D eigenvalue weighted by Crippen LogP contribution is 2.26. The third-order valence-corrected chi connectivity index (χ3v) is 4.26. The maximum Gasteiger partial charge on any atom is 0.257 e. The number of benzene rings is 2. The second-order valence-electron chi connectivity index (χ2n) is 4.07. The summed E-state index contributed by atoms with van der Waals surface area (Å²) in [5.74, 6) is -0.716. The Morgan fingerprint density at radius 3 is 2.80 bits per heavy atom. The quantitative estimate of drug-likeness (QED) is 0.741. The summed E-state index contributed by atoms with van der Waals surface area (Å²) in [6, 6.07) is 11.8. The molecule has 3 aromatic rings. The van der Waals surface area contributed by atoms with Crippen molar-refractivity contribution < 1.29 is 9.18 Å². The van der Waals surface area contributed by atoms with E-state index in [0.29, 0.717) is 10.7 Å². The lowest BCUT2D eigenvalue weighted by Crippen LogP contribution is -2.11. The molecule has 100 valence electrons. The first-order chi connectivity index (χ1) is 9.63. The van der Waals surface area contributed by atoms with Crippen molar-refractivity contribution in [2.45, 2.75) is 0 Å². The maximum atomic E-state index is 13.1. The maximum absolute atomic E-state index is 13.1. The van der Waals surface area contributed by atoms with E-state index in [1.54, 1.807) is 0 Å². The monoisotopic (exact) mass is 350 g/mol. The van der Waals surface area contributed by atoms with E-state index in [0.717, 1.165) is 10.2 Å². The number of carbonyl (C=O) groups excluding carboxylic acids is 1. The molecule has 0 spiro atoms. The number of nitrogens with zero attached hydrogens (tertiary/aromatic N) is 1. The summed E-state index contributed by atoms with van der Waals surface area (Å²) in [4.78, 5) is 16.4. The number of thiazole rings is 1. The van der Waals surface area contributed by atoms with Crippen molar-refractivity contribution in [1.82, 2.24) is 4.98 Å². The van der Waals surface area contributed by atoms with Gasteiger partial charge >= 0.3 is 0 Å². The lowest BCUT2D eigenvalue weighted by Gasteiger charge is -2.02. The molecule has 0 aliphatic rings. The molecule has 1 heterocycles. The van der Waals surface area contributed by atoms with E-state index in [1.165, 1.54) is 29.5 Å². The van der Waals surface area contributed by atoms with Crippen LogP contribution >= 0.6 is 27.3 Å². The fraction of sp³-hybridized carbons (Fsp3) is 0. The van der Waals surface area contributed by atoms with Crippen LogP contribution in [0.5, 0.6) is 0 Å². The molecule has 0 aliphatic carbocycles. The smallest absolute Gasteiger partial charge is 0.257 e. The normalized spacial score (nSPS) is 10.7. The summed E-state index contributed by atoms with van der Waals surface area (Å²) in [6.07, 6.45) is 0. The average molecular weight is 351 g/mol. The number of nitrogens with one attached hydrogen (secondary N) is 1. The minimum absolute atomic E-state index is 0.259. The van der Waals surface area contributed by atoms with Crippen LogP contribution in [0, 0.1) is 5.82 Å². The molecule has 0 atom stereocenters. The zero-order chi connectivity index (χ0) is 14.1. The number of hydrogen-bond donors (Lipinski definition) is 1. The number of amides is 1. The number of halogens is 2. The van der Waals surface area contributed by atoms with Crippen LogP contribution in [0.2, 0.25) is 0 Å². The molecule has 0 aliphatic heterocycles. The first-order valence-electron chi connectivity index (χ1n) is 5.75. The molecular formula is C14H8BrFN2OS. The zero-order valence-electron chi connectivity index (χ0n) is 10.1. The van der Waals surface area contributed by atoms with Crippen LogP contribution in [-0.4, -0.2) is 10.9 Å². The second kappa shape index (κ2) is 5.30. The largest absolute Gasteiger partial charge is 0.298 e. The Labute approximate surface area is 126 Å². The van der Waals surface area contributed by atoms with Gasteiger partial charge in [-0.15, -0.1) is 0 Å². The Hall–Kier alpha value is -1.79. The van der Waals surface area contributed by atoms with Crippen LogP contribution in [0.25, 0.3) is 10.2 Å². The molecule has 3 nitrogen and oxygen atoms in total. The van der Waals surface area contributed by atoms with Gasteiger partial charge in [0.15, 0.2) is 5.13 Å². The first-order valence-corrected chi connectivity index (χ1v) is 7.36. The Balaban J connectivity index is 1.86. The molecule has 0 saturated carbocycles. The van der Waals surface area contributed by atoms with Crippen molar-refractivity contribution in [3.05, 3.63) is 58.3 Å². The van der Waals surface area contributed by atoms with Gasteiger partial charge in [-0.1, -0.05) is 23.5 Å². The molecule has 1 aromatic heterocycles. The predicted octanol–water partition coefficient (Wildman–Crippen LogP) is 4.45. The molecule has 20 heavy (non-hydrogen) atoms. The summed E-state index contributed by atoms with van der Waals surface area (Å²) in [6.45, 7) is 0. The first kappa shape index (κ1) is 13.2. The van der Waals surface area contributed by atoms with Gasteiger partial charge in [-0.3, -0.25) is 10.1 Å². The summed E-state index contributed by atoms with van der Waals surface area (Å²) in [5, 5.41) is 3.24. The highest BCUT2D eigenvalue weighted by atomic mass is 79.9. The van der Waals surface area contributed by atoms with Gasteiger partial charge in [0.25, 0.3) is 5.91 Å². The lowest BCUT2D eigenvalue weighted by molar-refractivity contribution is 0.102. The van der Waals surface area contributed by atoms with E-state index in [2.05, 4.69) is 26.2 Å². The Kier molecular flexibility index (Phi) is 3.50. The van der Waals surface area contributed by atoms with Crippen LogP contribution in [0.15, 0.2) is 46.9 Å². The highest BCUT2D eigenvalue weighted by Gasteiger charge is 2.11. The number of rotatable bonds is 2. The number of hydrogen-bond acceptors (Lipinski definition) is 3. The number of fused-ring (bicyclic) bond motifs is 1. The van der Waals surface area contributed by atoms with Crippen LogP contribution < -0.4 is 5.32 Å². The second-order valence-corrected chi connectivity index (χ2v) is 5.95. The number of carbonyl (C=O) groups is 1. The van der Waals surface area contributed by atoms with Crippen molar-refractivity contribution >= 4 is 48.5 Å². The Morgan fingerprint density at radius 1 is 1.25 bits per heavy atom. The van der Waals surface area contributed by atoms with Gasteiger partial charge in [0.1, 0.15) is 5.82 Å². The number of para-hydroxylation sites is 1. The third kappa shape index (κ3) is 2.57. The molecule has 1 amide bonds. The standard InChI is InChI=1S/C14H8BrFN2OS/c15-9-7-8(5-6-10(9)16)13(19)18-14-17-11-3-1-2-4-12(11)20-14/h1-7H,(H,17,18,19). The van der Waals surface area contributed by atoms with Gasteiger partial charge in [0.2, 0.25) is 0 Å². The van der Waals surface area contributed by atoms with Crippen LogP contribution in [0.1, 0.15) is 10.4 Å². The van der Waals surface area contributed by atoms with E-state index in [4.69, 9.17) is 0 Å². The van der Waals surface area contributed by atoms with Gasteiger partial charge in [0, 0.05) is 5.56 Å². The fourth-order valence-corrected chi connectivity index (χ4v) is 2.97. The van der Waals surface area contributed by atoms with Crippen LogP contribution in [-0.2, 0) is 0 Å². The minimum Gasteiger partial charge on any atom is -0.298 e. The summed E-state index contributed by atoms with van der Waals surface area (Å²) in [5.41, 5.74) is 1.21. The minimum atomic E-state index is -0.401. The van der Waals surface area contributed by atoms with Crippen molar-refractivity contribution in [2.24, 2.45) is 0 Å².